The highest BCUT2D eigenvalue weighted by atomic mass is 79.9. The third-order valence-electron chi connectivity index (χ3n) is 2.45. The van der Waals surface area contributed by atoms with Crippen molar-refractivity contribution in [3.63, 3.8) is 0 Å². The van der Waals surface area contributed by atoms with Gasteiger partial charge in [-0.3, -0.25) is 4.98 Å². The molecule has 0 saturated heterocycles. The summed E-state index contributed by atoms with van der Waals surface area (Å²) in [7, 11) is 1.94. The number of hydrogen-bond acceptors (Lipinski definition) is 3. The lowest BCUT2D eigenvalue weighted by Gasteiger charge is -2.11. The van der Waals surface area contributed by atoms with E-state index in [1.165, 1.54) is 0 Å². The highest BCUT2D eigenvalue weighted by Crippen LogP contribution is 2.15. The van der Waals surface area contributed by atoms with Crippen LogP contribution in [-0.4, -0.2) is 14.5 Å². The van der Waals surface area contributed by atoms with E-state index < -0.39 is 0 Å². The van der Waals surface area contributed by atoms with Crippen molar-refractivity contribution < 1.29 is 0 Å². The molecule has 1 unspecified atom stereocenters. The van der Waals surface area contributed by atoms with Gasteiger partial charge in [0, 0.05) is 36.0 Å². The number of imidazole rings is 1. The summed E-state index contributed by atoms with van der Waals surface area (Å²) in [4.78, 5) is 8.35. The molecule has 2 rings (SSSR count). The molecule has 0 aliphatic heterocycles. The predicted octanol–water partition coefficient (Wildman–Crippen LogP) is 1.82. The second kappa shape index (κ2) is 4.76. The molecule has 0 saturated carbocycles. The lowest BCUT2D eigenvalue weighted by molar-refractivity contribution is 0.646. The van der Waals surface area contributed by atoms with Gasteiger partial charge in [0.25, 0.3) is 0 Å². The molecule has 0 spiro atoms. The third-order valence-corrected chi connectivity index (χ3v) is 2.92. The minimum absolute atomic E-state index is 0.0684. The Morgan fingerprint density at radius 2 is 2.25 bits per heavy atom. The first-order valence-electron chi connectivity index (χ1n) is 4.99. The smallest absolute Gasteiger partial charge is 0.0946 e. The molecule has 4 nitrogen and oxygen atoms in total. The van der Waals surface area contributed by atoms with Crippen LogP contribution in [0.1, 0.15) is 17.4 Å². The van der Waals surface area contributed by atoms with Gasteiger partial charge in [0.15, 0.2) is 0 Å². The van der Waals surface area contributed by atoms with Gasteiger partial charge in [-0.25, -0.2) is 4.98 Å². The third kappa shape index (κ3) is 2.48. The van der Waals surface area contributed by atoms with Gasteiger partial charge in [-0.1, -0.05) is 0 Å². The van der Waals surface area contributed by atoms with Crippen molar-refractivity contribution in [3.8, 4) is 0 Å². The highest BCUT2D eigenvalue weighted by molar-refractivity contribution is 9.10. The Balaban J connectivity index is 2.10. The first kappa shape index (κ1) is 11.3. The SMILES string of the molecule is Cn1cncc1C(N)Cc1ccc(Br)cn1. The fourth-order valence-corrected chi connectivity index (χ4v) is 1.82. The minimum atomic E-state index is -0.0684. The average Bonchev–Trinajstić information content (AvgIpc) is 2.68. The molecule has 5 heteroatoms. The van der Waals surface area contributed by atoms with Crippen LogP contribution in [0.4, 0.5) is 0 Å². The summed E-state index contributed by atoms with van der Waals surface area (Å²) in [6.45, 7) is 0. The number of nitrogens with two attached hydrogens (primary N) is 1. The Kier molecular flexibility index (Phi) is 3.36. The first-order chi connectivity index (χ1) is 7.66. The lowest BCUT2D eigenvalue weighted by atomic mass is 10.1. The Morgan fingerprint density at radius 3 is 2.81 bits per heavy atom. The molecule has 0 amide bonds. The van der Waals surface area contributed by atoms with Gasteiger partial charge in [0.1, 0.15) is 0 Å². The van der Waals surface area contributed by atoms with Gasteiger partial charge < -0.3 is 10.3 Å². The summed E-state index contributed by atoms with van der Waals surface area (Å²) in [6, 6.07) is 3.87. The maximum absolute atomic E-state index is 6.10. The summed E-state index contributed by atoms with van der Waals surface area (Å²) in [5, 5.41) is 0. The van der Waals surface area contributed by atoms with Crippen molar-refractivity contribution in [1.82, 2.24) is 14.5 Å². The van der Waals surface area contributed by atoms with E-state index in [-0.39, 0.29) is 6.04 Å². The predicted molar refractivity (Wildman–Crippen MR) is 65.8 cm³/mol. The molecule has 0 aliphatic carbocycles. The van der Waals surface area contributed by atoms with E-state index >= 15 is 0 Å². The normalized spacial score (nSPS) is 12.7. The van der Waals surface area contributed by atoms with Crippen LogP contribution in [0.2, 0.25) is 0 Å². The number of aryl methyl sites for hydroxylation is 1. The largest absolute Gasteiger partial charge is 0.336 e. The fourth-order valence-electron chi connectivity index (χ4n) is 1.58. The maximum atomic E-state index is 6.10. The van der Waals surface area contributed by atoms with Gasteiger partial charge >= 0.3 is 0 Å². The van der Waals surface area contributed by atoms with Crippen molar-refractivity contribution in [1.29, 1.82) is 0 Å². The molecular formula is C11H13BrN4. The molecule has 2 aromatic rings. The average molecular weight is 281 g/mol. The zero-order valence-electron chi connectivity index (χ0n) is 8.97. The Bertz CT molecular complexity index is 463. The van der Waals surface area contributed by atoms with E-state index in [1.54, 1.807) is 18.7 Å². The zero-order chi connectivity index (χ0) is 11.5. The molecule has 84 valence electrons. The first-order valence-corrected chi connectivity index (χ1v) is 5.78. The quantitative estimate of drug-likeness (QED) is 0.933. The summed E-state index contributed by atoms with van der Waals surface area (Å²) in [5.74, 6) is 0. The summed E-state index contributed by atoms with van der Waals surface area (Å²) in [5.41, 5.74) is 8.10. The van der Waals surface area contributed by atoms with Crippen molar-refractivity contribution >= 4 is 15.9 Å². The summed E-state index contributed by atoms with van der Waals surface area (Å²) < 4.78 is 2.91. The van der Waals surface area contributed by atoms with Gasteiger partial charge in [-0.05, 0) is 28.1 Å². The Hall–Kier alpha value is -1.20. The van der Waals surface area contributed by atoms with Crippen molar-refractivity contribution in [3.05, 3.63) is 46.7 Å². The molecular weight excluding hydrogens is 268 g/mol. The second-order valence-corrected chi connectivity index (χ2v) is 4.62. The Morgan fingerprint density at radius 1 is 1.44 bits per heavy atom. The number of hydrogen-bond donors (Lipinski definition) is 1. The number of nitrogens with zero attached hydrogens (tertiary/aromatic N) is 3. The number of aromatic nitrogens is 3. The number of pyridine rings is 1. The highest BCUT2D eigenvalue weighted by Gasteiger charge is 2.11. The van der Waals surface area contributed by atoms with Crippen LogP contribution >= 0.6 is 15.9 Å². The van der Waals surface area contributed by atoms with Crippen LogP contribution in [0.15, 0.2) is 35.3 Å². The Labute approximate surface area is 103 Å². The van der Waals surface area contributed by atoms with E-state index in [0.29, 0.717) is 6.42 Å². The monoisotopic (exact) mass is 280 g/mol. The molecule has 0 aromatic carbocycles. The molecule has 0 aliphatic rings. The molecule has 1 atom stereocenters. The molecule has 2 N–H and O–H groups in total. The molecule has 2 heterocycles. The van der Waals surface area contributed by atoms with Gasteiger partial charge in [-0.15, -0.1) is 0 Å². The summed E-state index contributed by atoms with van der Waals surface area (Å²) >= 11 is 3.35. The van der Waals surface area contributed by atoms with Crippen molar-refractivity contribution in [2.24, 2.45) is 12.8 Å². The second-order valence-electron chi connectivity index (χ2n) is 3.71. The molecule has 0 fully saturated rings. The van der Waals surface area contributed by atoms with E-state index in [0.717, 1.165) is 15.9 Å². The minimum Gasteiger partial charge on any atom is -0.336 e. The molecule has 0 bridgehead atoms. The topological polar surface area (TPSA) is 56.7 Å². The molecule has 2 aromatic heterocycles. The van der Waals surface area contributed by atoms with E-state index in [4.69, 9.17) is 5.73 Å². The van der Waals surface area contributed by atoms with Crippen LogP contribution in [0.5, 0.6) is 0 Å². The zero-order valence-corrected chi connectivity index (χ0v) is 10.6. The standard InChI is InChI=1S/C11H13BrN4/c1-16-7-14-6-11(16)10(13)4-9-3-2-8(12)5-15-9/h2-3,5-7,10H,4,13H2,1H3. The molecule has 16 heavy (non-hydrogen) atoms. The fraction of sp³-hybridized carbons (Fsp3) is 0.273. The van der Waals surface area contributed by atoms with Crippen LogP contribution in [0.3, 0.4) is 0 Å². The lowest BCUT2D eigenvalue weighted by Crippen LogP contribution is -2.17. The van der Waals surface area contributed by atoms with Gasteiger partial charge in [-0.2, -0.15) is 0 Å². The summed E-state index contributed by atoms with van der Waals surface area (Å²) in [6.07, 6.45) is 6.05. The maximum Gasteiger partial charge on any atom is 0.0946 e. The van der Waals surface area contributed by atoms with E-state index in [1.807, 2.05) is 23.7 Å². The van der Waals surface area contributed by atoms with Crippen LogP contribution in [0.25, 0.3) is 0 Å². The number of halogens is 1. The van der Waals surface area contributed by atoms with Crippen LogP contribution < -0.4 is 5.73 Å². The van der Waals surface area contributed by atoms with Crippen molar-refractivity contribution in [2.45, 2.75) is 12.5 Å². The van der Waals surface area contributed by atoms with Crippen molar-refractivity contribution in [2.75, 3.05) is 0 Å². The number of rotatable bonds is 3. The molecule has 0 radical (unpaired) electrons. The van der Waals surface area contributed by atoms with Gasteiger partial charge in [0.2, 0.25) is 0 Å². The van der Waals surface area contributed by atoms with Gasteiger partial charge in [0.05, 0.1) is 18.1 Å². The van der Waals surface area contributed by atoms with Crippen LogP contribution in [-0.2, 0) is 13.5 Å². The van der Waals surface area contributed by atoms with E-state index in [9.17, 15) is 0 Å². The van der Waals surface area contributed by atoms with E-state index in [2.05, 4.69) is 25.9 Å². The van der Waals surface area contributed by atoms with Crippen LogP contribution in [0, 0.1) is 0 Å².